The van der Waals surface area contributed by atoms with Gasteiger partial charge in [0.2, 0.25) is 5.43 Å². The van der Waals surface area contributed by atoms with Crippen LogP contribution >= 0.6 is 0 Å². The zero-order chi connectivity index (χ0) is 22.2. The molecule has 0 aliphatic rings. The topological polar surface area (TPSA) is 82.8 Å². The second-order valence-electron chi connectivity index (χ2n) is 7.00. The highest BCUT2D eigenvalue weighted by atomic mass is 32.2. The van der Waals surface area contributed by atoms with Crippen LogP contribution in [-0.4, -0.2) is 28.9 Å². The van der Waals surface area contributed by atoms with Crippen LogP contribution in [0.3, 0.4) is 0 Å². The van der Waals surface area contributed by atoms with Crippen molar-refractivity contribution >= 4 is 20.8 Å². The van der Waals surface area contributed by atoms with E-state index in [1.165, 1.54) is 26.4 Å². The molecule has 0 saturated heterocycles. The van der Waals surface area contributed by atoms with Crippen molar-refractivity contribution in [2.45, 2.75) is 4.90 Å². The molecule has 0 bridgehead atoms. The summed E-state index contributed by atoms with van der Waals surface area (Å²) in [5, 5.41) is 0.448. The SMILES string of the molecule is COc1ccc(-c2c(-c3ccc(S(C)(=O)=O)cc3)oc3ccccc3c2=O)cc1OC. The van der Waals surface area contributed by atoms with E-state index in [0.717, 1.165) is 6.26 Å². The van der Waals surface area contributed by atoms with Gasteiger partial charge in [-0.2, -0.15) is 0 Å². The van der Waals surface area contributed by atoms with Crippen molar-refractivity contribution in [2.75, 3.05) is 20.5 Å². The minimum Gasteiger partial charge on any atom is -0.493 e. The molecule has 0 N–H and O–H groups in total. The number of sulfone groups is 1. The van der Waals surface area contributed by atoms with E-state index in [9.17, 15) is 13.2 Å². The average Bonchev–Trinajstić information content (AvgIpc) is 2.78. The van der Waals surface area contributed by atoms with Crippen LogP contribution in [0.25, 0.3) is 33.4 Å². The van der Waals surface area contributed by atoms with Crippen LogP contribution in [0, 0.1) is 0 Å². The summed E-state index contributed by atoms with van der Waals surface area (Å²) in [4.78, 5) is 13.7. The van der Waals surface area contributed by atoms with Crippen LogP contribution in [0.5, 0.6) is 11.5 Å². The Morgan fingerprint density at radius 1 is 0.806 bits per heavy atom. The van der Waals surface area contributed by atoms with Gasteiger partial charge in [-0.25, -0.2) is 8.42 Å². The number of para-hydroxylation sites is 1. The first-order valence-corrected chi connectivity index (χ1v) is 11.3. The van der Waals surface area contributed by atoms with Gasteiger partial charge in [-0.15, -0.1) is 0 Å². The first kappa shape index (κ1) is 20.7. The standard InChI is InChI=1S/C24H20O6S/c1-28-20-13-10-16(14-21(20)29-2)22-23(25)18-6-4-5-7-19(18)30-24(22)15-8-11-17(12-9-15)31(3,26)27/h4-14H,1-3H3. The van der Waals surface area contributed by atoms with Gasteiger partial charge in [0.1, 0.15) is 11.3 Å². The minimum absolute atomic E-state index is 0.187. The third-order valence-corrected chi connectivity index (χ3v) is 6.14. The highest BCUT2D eigenvalue weighted by Gasteiger charge is 2.20. The molecule has 4 aromatic rings. The molecule has 0 unspecified atom stereocenters. The second kappa shape index (κ2) is 7.92. The monoisotopic (exact) mass is 436 g/mol. The first-order valence-electron chi connectivity index (χ1n) is 9.42. The molecular weight excluding hydrogens is 416 g/mol. The van der Waals surface area contributed by atoms with Crippen molar-refractivity contribution in [3.8, 4) is 33.9 Å². The van der Waals surface area contributed by atoms with Gasteiger partial charge in [-0.3, -0.25) is 4.79 Å². The number of methoxy groups -OCH3 is 2. The highest BCUT2D eigenvalue weighted by Crippen LogP contribution is 2.37. The lowest BCUT2D eigenvalue weighted by atomic mass is 9.98. The van der Waals surface area contributed by atoms with Gasteiger partial charge < -0.3 is 13.9 Å². The molecule has 0 aliphatic carbocycles. The van der Waals surface area contributed by atoms with E-state index < -0.39 is 9.84 Å². The number of fused-ring (bicyclic) bond motifs is 1. The molecule has 0 amide bonds. The number of hydrogen-bond donors (Lipinski definition) is 0. The Morgan fingerprint density at radius 3 is 2.10 bits per heavy atom. The lowest BCUT2D eigenvalue weighted by molar-refractivity contribution is 0.355. The number of benzene rings is 3. The third kappa shape index (κ3) is 3.80. The van der Waals surface area contributed by atoms with Crippen LogP contribution in [-0.2, 0) is 9.84 Å². The largest absolute Gasteiger partial charge is 0.493 e. The van der Waals surface area contributed by atoms with E-state index in [1.54, 1.807) is 54.6 Å². The first-order chi connectivity index (χ1) is 14.8. The Bertz CT molecular complexity index is 1430. The van der Waals surface area contributed by atoms with Gasteiger partial charge in [-0.1, -0.05) is 18.2 Å². The molecule has 7 heteroatoms. The summed E-state index contributed by atoms with van der Waals surface area (Å²) in [5.41, 5.74) is 1.78. The molecule has 1 heterocycles. The lowest BCUT2D eigenvalue weighted by Gasteiger charge is -2.13. The Balaban J connectivity index is 2.02. The van der Waals surface area contributed by atoms with E-state index in [4.69, 9.17) is 13.9 Å². The summed E-state index contributed by atoms with van der Waals surface area (Å²) in [6, 6.07) is 18.5. The van der Waals surface area contributed by atoms with Crippen molar-refractivity contribution < 1.29 is 22.3 Å². The molecule has 0 spiro atoms. The molecule has 0 atom stereocenters. The molecule has 31 heavy (non-hydrogen) atoms. The smallest absolute Gasteiger partial charge is 0.201 e. The fraction of sp³-hybridized carbons (Fsp3) is 0.125. The molecule has 6 nitrogen and oxygen atoms in total. The lowest BCUT2D eigenvalue weighted by Crippen LogP contribution is -2.08. The normalized spacial score (nSPS) is 11.5. The maximum atomic E-state index is 13.5. The number of rotatable bonds is 5. The maximum absolute atomic E-state index is 13.5. The molecule has 3 aromatic carbocycles. The third-order valence-electron chi connectivity index (χ3n) is 5.01. The van der Waals surface area contributed by atoms with Crippen LogP contribution < -0.4 is 14.9 Å². The van der Waals surface area contributed by atoms with Gasteiger partial charge in [0.15, 0.2) is 21.3 Å². The van der Waals surface area contributed by atoms with Gasteiger partial charge in [0.05, 0.1) is 30.1 Å². The number of hydrogen-bond acceptors (Lipinski definition) is 6. The summed E-state index contributed by atoms with van der Waals surface area (Å²) >= 11 is 0. The summed E-state index contributed by atoms with van der Waals surface area (Å²) in [6.45, 7) is 0. The summed E-state index contributed by atoms with van der Waals surface area (Å²) in [5.74, 6) is 1.36. The predicted octanol–water partition coefficient (Wildman–Crippen LogP) is 4.55. The van der Waals surface area contributed by atoms with Crippen molar-refractivity contribution in [1.29, 1.82) is 0 Å². The van der Waals surface area contributed by atoms with Crippen molar-refractivity contribution in [2.24, 2.45) is 0 Å². The van der Waals surface area contributed by atoms with Crippen molar-refractivity contribution in [1.82, 2.24) is 0 Å². The Morgan fingerprint density at radius 2 is 1.45 bits per heavy atom. The summed E-state index contributed by atoms with van der Waals surface area (Å²) in [7, 11) is -0.285. The Hall–Kier alpha value is -3.58. The Labute approximate surface area is 179 Å². The van der Waals surface area contributed by atoms with E-state index in [0.29, 0.717) is 44.9 Å². The molecule has 0 fully saturated rings. The quantitative estimate of drug-likeness (QED) is 0.457. The highest BCUT2D eigenvalue weighted by molar-refractivity contribution is 7.90. The second-order valence-corrected chi connectivity index (χ2v) is 9.01. The van der Waals surface area contributed by atoms with Gasteiger partial charge in [-0.05, 0) is 54.1 Å². The molecule has 4 rings (SSSR count). The van der Waals surface area contributed by atoms with Crippen LogP contribution in [0.4, 0.5) is 0 Å². The van der Waals surface area contributed by atoms with Crippen molar-refractivity contribution in [3.63, 3.8) is 0 Å². The molecule has 0 aliphatic heterocycles. The molecule has 158 valence electrons. The van der Waals surface area contributed by atoms with E-state index in [-0.39, 0.29) is 10.3 Å². The van der Waals surface area contributed by atoms with Gasteiger partial charge in [0, 0.05) is 11.8 Å². The van der Waals surface area contributed by atoms with Crippen LogP contribution in [0.1, 0.15) is 0 Å². The summed E-state index contributed by atoms with van der Waals surface area (Å²) < 4.78 is 40.5. The van der Waals surface area contributed by atoms with E-state index in [2.05, 4.69) is 0 Å². The molecular formula is C24H20O6S. The van der Waals surface area contributed by atoms with E-state index >= 15 is 0 Å². The zero-order valence-corrected chi connectivity index (χ0v) is 18.0. The van der Waals surface area contributed by atoms with Gasteiger partial charge in [0.25, 0.3) is 0 Å². The minimum atomic E-state index is -3.35. The van der Waals surface area contributed by atoms with E-state index in [1.807, 2.05) is 0 Å². The maximum Gasteiger partial charge on any atom is 0.201 e. The molecule has 0 saturated carbocycles. The van der Waals surface area contributed by atoms with Gasteiger partial charge >= 0.3 is 0 Å². The summed E-state index contributed by atoms with van der Waals surface area (Å²) in [6.07, 6.45) is 1.15. The average molecular weight is 436 g/mol. The molecule has 1 aromatic heterocycles. The predicted molar refractivity (Wildman–Crippen MR) is 120 cm³/mol. The number of ether oxygens (including phenoxy) is 2. The van der Waals surface area contributed by atoms with Crippen LogP contribution in [0.2, 0.25) is 0 Å². The fourth-order valence-electron chi connectivity index (χ4n) is 3.45. The fourth-order valence-corrected chi connectivity index (χ4v) is 4.08. The van der Waals surface area contributed by atoms with Crippen molar-refractivity contribution in [3.05, 3.63) is 77.0 Å². The zero-order valence-electron chi connectivity index (χ0n) is 17.2. The van der Waals surface area contributed by atoms with Crippen LogP contribution in [0.15, 0.2) is 80.8 Å². The molecule has 0 radical (unpaired) electrons. The Kier molecular flexibility index (Phi) is 5.29.